The molecule has 0 aliphatic carbocycles. The molecule has 0 bridgehead atoms. The van der Waals surface area contributed by atoms with Gasteiger partial charge in [0.1, 0.15) is 11.8 Å². The first-order valence-corrected chi connectivity index (χ1v) is 11.2. The van der Waals surface area contributed by atoms with Crippen molar-refractivity contribution in [2.45, 2.75) is 19.9 Å². The molecule has 0 radical (unpaired) electrons. The van der Waals surface area contributed by atoms with Gasteiger partial charge in [-0.2, -0.15) is 0 Å². The number of allylic oxidation sites excluding steroid dienone is 1. The van der Waals surface area contributed by atoms with Crippen molar-refractivity contribution in [2.75, 3.05) is 13.7 Å². The third kappa shape index (κ3) is 4.27. The van der Waals surface area contributed by atoms with Gasteiger partial charge in [-0.3, -0.25) is 19.5 Å². The van der Waals surface area contributed by atoms with Crippen LogP contribution in [0.25, 0.3) is 11.8 Å². The first kappa shape index (κ1) is 23.1. The number of hydrogen-bond acceptors (Lipinski definition) is 8. The first-order chi connectivity index (χ1) is 16.3. The molecule has 1 aromatic heterocycles. The molecule has 0 saturated heterocycles. The summed E-state index contributed by atoms with van der Waals surface area (Å²) in [6, 6.07) is 12.6. The maximum absolute atomic E-state index is 13.2. The normalized spacial score (nSPS) is 15.5. The average molecular weight is 480 g/mol. The van der Waals surface area contributed by atoms with Gasteiger partial charge in [0, 0.05) is 17.8 Å². The molecular formula is C24H21N3O6S. The summed E-state index contributed by atoms with van der Waals surface area (Å²) < 4.78 is 12.2. The van der Waals surface area contributed by atoms with Crippen LogP contribution >= 0.6 is 11.3 Å². The number of benzene rings is 2. The topological polar surface area (TPSA) is 113 Å². The lowest BCUT2D eigenvalue weighted by Crippen LogP contribution is -2.35. The van der Waals surface area contributed by atoms with E-state index >= 15 is 0 Å². The number of esters is 1. The van der Waals surface area contributed by atoms with E-state index in [0.717, 1.165) is 16.9 Å². The van der Waals surface area contributed by atoms with Crippen LogP contribution in [0.5, 0.6) is 5.75 Å². The summed E-state index contributed by atoms with van der Waals surface area (Å²) in [6.45, 7) is 3.58. The van der Waals surface area contributed by atoms with Gasteiger partial charge in [0.05, 0.1) is 28.7 Å². The minimum atomic E-state index is -0.659. The largest absolute Gasteiger partial charge is 0.497 e. The fraction of sp³-hybridized carbons (Fsp3) is 0.208. The van der Waals surface area contributed by atoms with Crippen LogP contribution in [-0.2, 0) is 9.53 Å². The number of carbonyl (C=O) groups is 1. The Hall–Kier alpha value is -4.05. The van der Waals surface area contributed by atoms with Gasteiger partial charge in [0.25, 0.3) is 11.2 Å². The van der Waals surface area contributed by atoms with E-state index in [1.807, 2.05) is 12.1 Å². The Morgan fingerprint density at radius 1 is 1.26 bits per heavy atom. The number of hydrogen-bond donors (Lipinski definition) is 0. The van der Waals surface area contributed by atoms with E-state index in [0.29, 0.717) is 26.3 Å². The van der Waals surface area contributed by atoms with Crippen molar-refractivity contribution in [1.82, 2.24) is 4.57 Å². The van der Waals surface area contributed by atoms with Gasteiger partial charge in [0.2, 0.25) is 0 Å². The Morgan fingerprint density at radius 2 is 2.00 bits per heavy atom. The molecule has 1 aliphatic rings. The van der Waals surface area contributed by atoms with Crippen LogP contribution in [0.1, 0.15) is 31.0 Å². The van der Waals surface area contributed by atoms with Crippen molar-refractivity contribution in [2.24, 2.45) is 4.99 Å². The monoisotopic (exact) mass is 479 g/mol. The van der Waals surface area contributed by atoms with Crippen LogP contribution in [0.4, 0.5) is 5.69 Å². The zero-order valence-electron chi connectivity index (χ0n) is 18.7. The molecule has 2 heterocycles. The number of nitro benzene ring substituents is 1. The molecule has 3 aromatic rings. The molecular weight excluding hydrogens is 458 g/mol. The van der Waals surface area contributed by atoms with Crippen molar-refractivity contribution < 1.29 is 19.2 Å². The summed E-state index contributed by atoms with van der Waals surface area (Å²) in [5, 5.41) is 11.1. The maximum Gasteiger partial charge on any atom is 0.338 e. The molecule has 2 aromatic carbocycles. The molecule has 1 aliphatic heterocycles. The van der Waals surface area contributed by atoms with Crippen molar-refractivity contribution in [3.63, 3.8) is 0 Å². The predicted molar refractivity (Wildman–Crippen MR) is 127 cm³/mol. The summed E-state index contributed by atoms with van der Waals surface area (Å²) in [5.74, 6) is 0.123. The molecule has 174 valence electrons. The second-order valence-electron chi connectivity index (χ2n) is 7.41. The SMILES string of the molecule is CCOC(=O)C1=C(C)n2c(s/c(=C\c3cccc([N+](=O)[O-])c3)c2=O)=N[C@H]1c1ccc(OC)cc1. The molecule has 0 saturated carbocycles. The van der Waals surface area contributed by atoms with Crippen LogP contribution in [0, 0.1) is 10.1 Å². The second kappa shape index (κ2) is 9.44. The smallest absolute Gasteiger partial charge is 0.338 e. The molecule has 0 amide bonds. The quantitative estimate of drug-likeness (QED) is 0.305. The van der Waals surface area contributed by atoms with Crippen LogP contribution in [0.3, 0.4) is 0 Å². The summed E-state index contributed by atoms with van der Waals surface area (Å²) in [5.41, 5.74) is 1.55. The highest BCUT2D eigenvalue weighted by Crippen LogP contribution is 2.33. The molecule has 4 rings (SSSR count). The fourth-order valence-corrected chi connectivity index (χ4v) is 4.76. The van der Waals surface area contributed by atoms with Crippen molar-refractivity contribution >= 4 is 34.8 Å². The first-order valence-electron chi connectivity index (χ1n) is 10.4. The molecule has 0 spiro atoms. The van der Waals surface area contributed by atoms with Gasteiger partial charge >= 0.3 is 5.97 Å². The number of rotatable bonds is 6. The minimum absolute atomic E-state index is 0.0693. The van der Waals surface area contributed by atoms with Gasteiger partial charge in [-0.1, -0.05) is 35.6 Å². The van der Waals surface area contributed by atoms with Crippen LogP contribution < -0.4 is 19.6 Å². The summed E-state index contributed by atoms with van der Waals surface area (Å²) >= 11 is 1.16. The molecule has 0 unspecified atom stereocenters. The predicted octanol–water partition coefficient (Wildman–Crippen LogP) is 2.82. The number of methoxy groups -OCH3 is 1. The van der Waals surface area contributed by atoms with Crippen molar-refractivity contribution in [3.05, 3.63) is 95.0 Å². The Balaban J connectivity index is 1.91. The molecule has 9 nitrogen and oxygen atoms in total. The van der Waals surface area contributed by atoms with Gasteiger partial charge in [0.15, 0.2) is 4.80 Å². The van der Waals surface area contributed by atoms with E-state index in [4.69, 9.17) is 14.5 Å². The van der Waals surface area contributed by atoms with E-state index in [9.17, 15) is 19.7 Å². The number of carbonyl (C=O) groups excluding carboxylic acids is 1. The lowest BCUT2D eigenvalue weighted by molar-refractivity contribution is -0.384. The van der Waals surface area contributed by atoms with Gasteiger partial charge in [-0.05, 0) is 43.2 Å². The van der Waals surface area contributed by atoms with Crippen LogP contribution in [0.2, 0.25) is 0 Å². The summed E-state index contributed by atoms with van der Waals surface area (Å²) in [6.07, 6.45) is 1.58. The van der Waals surface area contributed by atoms with E-state index in [1.165, 1.54) is 16.7 Å². The fourth-order valence-electron chi connectivity index (χ4n) is 3.72. The van der Waals surface area contributed by atoms with Gasteiger partial charge < -0.3 is 9.47 Å². The number of fused-ring (bicyclic) bond motifs is 1. The summed E-state index contributed by atoms with van der Waals surface area (Å²) in [4.78, 5) is 41.9. The van der Waals surface area contributed by atoms with Crippen LogP contribution in [-0.4, -0.2) is 29.2 Å². The van der Waals surface area contributed by atoms with Gasteiger partial charge in [-0.25, -0.2) is 9.79 Å². The number of thiazole rings is 1. The second-order valence-corrected chi connectivity index (χ2v) is 8.42. The van der Waals surface area contributed by atoms with E-state index in [-0.39, 0.29) is 23.4 Å². The Morgan fingerprint density at radius 3 is 2.65 bits per heavy atom. The third-order valence-electron chi connectivity index (χ3n) is 5.35. The zero-order chi connectivity index (χ0) is 24.4. The number of nitrogens with zero attached hydrogens (tertiary/aromatic N) is 3. The Labute approximate surface area is 198 Å². The summed E-state index contributed by atoms with van der Waals surface area (Å²) in [7, 11) is 1.57. The Bertz CT molecular complexity index is 1480. The lowest BCUT2D eigenvalue weighted by atomic mass is 9.96. The number of ether oxygens (including phenoxy) is 2. The highest BCUT2D eigenvalue weighted by Gasteiger charge is 2.31. The number of nitro groups is 1. The standard InChI is InChI=1S/C24H21N3O6S/c1-4-33-23(29)20-14(2)26-22(28)19(13-15-6-5-7-17(12-15)27(30)31)34-24(26)25-21(20)16-8-10-18(32-3)11-9-16/h5-13,21H,4H2,1-3H3/b19-13-/t21-/m0/s1. The molecule has 0 fully saturated rings. The van der Waals surface area contributed by atoms with E-state index in [1.54, 1.807) is 51.3 Å². The van der Waals surface area contributed by atoms with Crippen LogP contribution in [0.15, 0.2) is 63.9 Å². The lowest BCUT2D eigenvalue weighted by Gasteiger charge is -2.22. The van der Waals surface area contributed by atoms with Crippen molar-refractivity contribution in [1.29, 1.82) is 0 Å². The maximum atomic E-state index is 13.2. The highest BCUT2D eigenvalue weighted by atomic mass is 32.1. The van der Waals surface area contributed by atoms with Gasteiger partial charge in [-0.15, -0.1) is 0 Å². The minimum Gasteiger partial charge on any atom is -0.497 e. The van der Waals surface area contributed by atoms with E-state index in [2.05, 4.69) is 0 Å². The Kier molecular flexibility index (Phi) is 6.42. The zero-order valence-corrected chi connectivity index (χ0v) is 19.5. The molecule has 0 N–H and O–H groups in total. The average Bonchev–Trinajstić information content (AvgIpc) is 3.14. The molecule has 10 heteroatoms. The molecule has 34 heavy (non-hydrogen) atoms. The number of non-ortho nitro benzene ring substituents is 1. The third-order valence-corrected chi connectivity index (χ3v) is 6.33. The van der Waals surface area contributed by atoms with Crippen molar-refractivity contribution in [3.8, 4) is 5.75 Å². The number of aromatic nitrogens is 1. The highest BCUT2D eigenvalue weighted by molar-refractivity contribution is 7.07. The van der Waals surface area contributed by atoms with E-state index < -0.39 is 16.9 Å². The molecule has 1 atom stereocenters.